The van der Waals surface area contributed by atoms with Crippen molar-refractivity contribution in [1.29, 1.82) is 0 Å². The third kappa shape index (κ3) is 4.35. The Morgan fingerprint density at radius 1 is 1.13 bits per heavy atom. The number of halogens is 2. The predicted molar refractivity (Wildman–Crippen MR) is 112 cm³/mol. The number of methoxy groups -OCH3 is 1. The maximum Gasteiger partial charge on any atom is 0.335 e. The van der Waals surface area contributed by atoms with Crippen LogP contribution in [0, 0.1) is 5.82 Å². The average molecular weight is 477 g/mol. The van der Waals surface area contributed by atoms with E-state index >= 15 is 0 Å². The first-order valence-corrected chi connectivity index (χ1v) is 9.71. The normalized spacial score (nSPS) is 15.6. The van der Waals surface area contributed by atoms with Gasteiger partial charge >= 0.3 is 6.03 Å². The summed E-state index contributed by atoms with van der Waals surface area (Å²) in [5.41, 5.74) is 0.351. The zero-order valence-electron chi connectivity index (χ0n) is 16.4. The van der Waals surface area contributed by atoms with Gasteiger partial charge in [-0.05, 0) is 77.8 Å². The minimum absolute atomic E-state index is 0.0969. The number of hydrogen-bond donors (Lipinski definition) is 1. The molecule has 0 bridgehead atoms. The molecule has 1 aliphatic rings. The van der Waals surface area contributed by atoms with Crippen molar-refractivity contribution in [3.8, 4) is 11.5 Å². The molecule has 0 aliphatic carbocycles. The lowest BCUT2D eigenvalue weighted by Gasteiger charge is -2.26. The molecule has 4 amide bonds. The number of imide groups is 2. The number of anilines is 1. The molecule has 2 aromatic rings. The van der Waals surface area contributed by atoms with Gasteiger partial charge in [0.05, 0.1) is 23.4 Å². The van der Waals surface area contributed by atoms with E-state index in [1.165, 1.54) is 25.3 Å². The number of carbonyl (C=O) groups excluding carboxylic acids is 3. The Bertz CT molecular complexity index is 1050. The van der Waals surface area contributed by atoms with Crippen molar-refractivity contribution in [2.45, 2.75) is 20.0 Å². The number of ether oxygens (including phenoxy) is 2. The molecular weight excluding hydrogens is 459 g/mol. The van der Waals surface area contributed by atoms with E-state index in [9.17, 15) is 18.8 Å². The number of barbiturate groups is 1. The lowest BCUT2D eigenvalue weighted by Crippen LogP contribution is -2.54. The predicted octanol–water partition coefficient (Wildman–Crippen LogP) is 4.05. The minimum atomic E-state index is -0.909. The van der Waals surface area contributed by atoms with Gasteiger partial charge in [0.2, 0.25) is 0 Å². The fraction of sp³-hybridized carbons (Fsp3) is 0.190. The summed E-state index contributed by atoms with van der Waals surface area (Å²) in [5, 5.41) is 2.12. The topological polar surface area (TPSA) is 84.9 Å². The fourth-order valence-electron chi connectivity index (χ4n) is 2.82. The zero-order valence-corrected chi connectivity index (χ0v) is 17.9. The molecule has 3 rings (SSSR count). The molecule has 2 aromatic carbocycles. The Kier molecular flexibility index (Phi) is 6.21. The van der Waals surface area contributed by atoms with Gasteiger partial charge in [-0.2, -0.15) is 0 Å². The molecule has 0 spiro atoms. The summed E-state index contributed by atoms with van der Waals surface area (Å²) in [6, 6.07) is 7.14. The van der Waals surface area contributed by atoms with Crippen LogP contribution < -0.4 is 19.7 Å². The van der Waals surface area contributed by atoms with E-state index in [-0.39, 0.29) is 17.4 Å². The summed E-state index contributed by atoms with van der Waals surface area (Å²) >= 11 is 3.41. The monoisotopic (exact) mass is 476 g/mol. The highest BCUT2D eigenvalue weighted by molar-refractivity contribution is 9.10. The number of carbonyl (C=O) groups is 3. The van der Waals surface area contributed by atoms with Gasteiger partial charge < -0.3 is 9.47 Å². The summed E-state index contributed by atoms with van der Waals surface area (Å²) in [6.45, 7) is 3.74. The van der Waals surface area contributed by atoms with Crippen LogP contribution in [0.3, 0.4) is 0 Å². The van der Waals surface area contributed by atoms with Crippen molar-refractivity contribution < 1.29 is 28.2 Å². The number of urea groups is 1. The molecular formula is C21H18BrFN2O5. The minimum Gasteiger partial charge on any atom is -0.493 e. The molecule has 1 heterocycles. The maximum atomic E-state index is 13.2. The Balaban J connectivity index is 2.02. The highest BCUT2D eigenvalue weighted by Gasteiger charge is 2.36. The first-order chi connectivity index (χ1) is 14.2. The molecule has 30 heavy (non-hydrogen) atoms. The third-order valence-electron chi connectivity index (χ3n) is 4.10. The second-order valence-electron chi connectivity index (χ2n) is 6.63. The number of benzene rings is 2. The van der Waals surface area contributed by atoms with Gasteiger partial charge in [-0.15, -0.1) is 0 Å². The van der Waals surface area contributed by atoms with Crippen LogP contribution in [0.4, 0.5) is 14.9 Å². The molecule has 0 atom stereocenters. The molecule has 1 N–H and O–H groups in total. The van der Waals surface area contributed by atoms with Gasteiger partial charge in [0.1, 0.15) is 11.4 Å². The van der Waals surface area contributed by atoms with Gasteiger partial charge in [-0.25, -0.2) is 14.1 Å². The van der Waals surface area contributed by atoms with Crippen molar-refractivity contribution in [2.24, 2.45) is 0 Å². The van der Waals surface area contributed by atoms with Crippen molar-refractivity contribution in [3.63, 3.8) is 0 Å². The fourth-order valence-corrected chi connectivity index (χ4v) is 3.38. The van der Waals surface area contributed by atoms with E-state index in [4.69, 9.17) is 9.47 Å². The second kappa shape index (κ2) is 8.66. The molecule has 0 saturated carbocycles. The van der Waals surface area contributed by atoms with E-state index in [0.717, 1.165) is 17.0 Å². The Morgan fingerprint density at radius 3 is 2.40 bits per heavy atom. The molecule has 156 valence electrons. The van der Waals surface area contributed by atoms with Gasteiger partial charge in [0, 0.05) is 0 Å². The third-order valence-corrected chi connectivity index (χ3v) is 4.69. The molecule has 7 nitrogen and oxygen atoms in total. The van der Waals surface area contributed by atoms with E-state index < -0.39 is 23.7 Å². The smallest absolute Gasteiger partial charge is 0.335 e. The summed E-state index contributed by atoms with van der Waals surface area (Å²) in [4.78, 5) is 38.2. The van der Waals surface area contributed by atoms with Crippen LogP contribution in [0.2, 0.25) is 0 Å². The van der Waals surface area contributed by atoms with Gasteiger partial charge in [0.25, 0.3) is 11.8 Å². The number of hydrogen-bond acceptors (Lipinski definition) is 5. The lowest BCUT2D eigenvalue weighted by atomic mass is 10.1. The van der Waals surface area contributed by atoms with Crippen molar-refractivity contribution in [3.05, 3.63) is 57.8 Å². The summed E-state index contributed by atoms with van der Waals surface area (Å²) in [6.07, 6.45) is 1.24. The molecule has 1 saturated heterocycles. The van der Waals surface area contributed by atoms with Crippen LogP contribution in [0.5, 0.6) is 11.5 Å². The molecule has 9 heteroatoms. The quantitative estimate of drug-likeness (QED) is 0.519. The standard InChI is InChI=1S/C21H18BrFN2O5/c1-11(2)30-18-16(22)9-12(10-17(18)29-3)8-15-19(26)24-21(28)25(20(15)27)14-6-4-13(23)5-7-14/h4-11H,1-3H3,(H,24,26,28)/b15-8+. The number of nitrogens with zero attached hydrogens (tertiary/aromatic N) is 1. The lowest BCUT2D eigenvalue weighted by molar-refractivity contribution is -0.122. The summed E-state index contributed by atoms with van der Waals surface area (Å²) in [5.74, 6) is -1.29. The van der Waals surface area contributed by atoms with Gasteiger partial charge in [-0.3, -0.25) is 14.9 Å². The highest BCUT2D eigenvalue weighted by Crippen LogP contribution is 2.38. The Morgan fingerprint density at radius 2 is 1.80 bits per heavy atom. The summed E-state index contributed by atoms with van der Waals surface area (Å²) in [7, 11) is 1.47. The van der Waals surface area contributed by atoms with E-state index in [2.05, 4.69) is 21.2 Å². The Labute approximate surface area is 180 Å². The maximum absolute atomic E-state index is 13.2. The summed E-state index contributed by atoms with van der Waals surface area (Å²) < 4.78 is 24.9. The zero-order chi connectivity index (χ0) is 22.0. The average Bonchev–Trinajstić information content (AvgIpc) is 2.68. The second-order valence-corrected chi connectivity index (χ2v) is 7.49. The van der Waals surface area contributed by atoms with E-state index in [1.807, 2.05) is 13.8 Å². The number of amides is 4. The molecule has 0 unspecified atom stereocenters. The highest BCUT2D eigenvalue weighted by atomic mass is 79.9. The van der Waals surface area contributed by atoms with E-state index in [1.54, 1.807) is 12.1 Å². The van der Waals surface area contributed by atoms with Crippen LogP contribution in [0.1, 0.15) is 19.4 Å². The Hall–Kier alpha value is -3.20. The van der Waals surface area contributed by atoms with Gasteiger partial charge in [0.15, 0.2) is 11.5 Å². The molecule has 1 aliphatic heterocycles. The van der Waals surface area contributed by atoms with Crippen molar-refractivity contribution in [1.82, 2.24) is 5.32 Å². The largest absolute Gasteiger partial charge is 0.493 e. The van der Waals surface area contributed by atoms with Crippen molar-refractivity contribution in [2.75, 3.05) is 12.0 Å². The van der Waals surface area contributed by atoms with Crippen LogP contribution in [0.15, 0.2) is 46.4 Å². The number of rotatable bonds is 5. The molecule has 0 aromatic heterocycles. The SMILES string of the molecule is COc1cc(/C=C2\C(=O)NC(=O)N(c3ccc(F)cc3)C2=O)cc(Br)c1OC(C)C. The van der Waals surface area contributed by atoms with Crippen LogP contribution in [0.25, 0.3) is 6.08 Å². The first kappa shape index (κ1) is 21.5. The molecule has 0 radical (unpaired) electrons. The number of nitrogens with one attached hydrogen (secondary N) is 1. The first-order valence-electron chi connectivity index (χ1n) is 8.92. The van der Waals surface area contributed by atoms with Crippen LogP contribution >= 0.6 is 15.9 Å². The van der Waals surface area contributed by atoms with Crippen molar-refractivity contribution >= 4 is 45.5 Å². The van der Waals surface area contributed by atoms with Gasteiger partial charge in [-0.1, -0.05) is 0 Å². The van der Waals surface area contributed by atoms with E-state index in [0.29, 0.717) is 21.5 Å². The molecule has 1 fully saturated rings. The van der Waals surface area contributed by atoms with Crippen LogP contribution in [-0.2, 0) is 9.59 Å². The van der Waals surface area contributed by atoms with Crippen LogP contribution in [-0.4, -0.2) is 31.1 Å².